The number of unbranched alkanes of at least 4 members (excludes halogenated alkanes) is 1. The zero-order valence-electron chi connectivity index (χ0n) is 12.1. The summed E-state index contributed by atoms with van der Waals surface area (Å²) in [7, 11) is 0. The number of benzene rings is 1. The molecule has 0 radical (unpaired) electrons. The predicted octanol–water partition coefficient (Wildman–Crippen LogP) is 2.47. The van der Waals surface area contributed by atoms with Crippen LogP contribution in [0.2, 0.25) is 0 Å². The van der Waals surface area contributed by atoms with E-state index in [1.807, 2.05) is 41.2 Å². The van der Waals surface area contributed by atoms with Crippen molar-refractivity contribution in [2.75, 3.05) is 19.7 Å². The number of aliphatic hydroxyl groups excluding tert-OH is 1. The normalized spacial score (nSPS) is 11.2. The van der Waals surface area contributed by atoms with Crippen molar-refractivity contribution in [1.29, 1.82) is 0 Å². The summed E-state index contributed by atoms with van der Waals surface area (Å²) in [6, 6.07) is 10.1. The van der Waals surface area contributed by atoms with Crippen molar-refractivity contribution in [2.24, 2.45) is 0 Å². The van der Waals surface area contributed by atoms with Gasteiger partial charge in [-0.25, -0.2) is 4.68 Å². The SMILES string of the molecule is CCCCN(CCO)Cc1cnn(-c2ccccc2)c1. The maximum absolute atomic E-state index is 9.13. The third-order valence-electron chi connectivity index (χ3n) is 3.31. The lowest BCUT2D eigenvalue weighted by Gasteiger charge is -2.19. The smallest absolute Gasteiger partial charge is 0.0645 e. The van der Waals surface area contributed by atoms with E-state index in [1.165, 1.54) is 12.0 Å². The van der Waals surface area contributed by atoms with Gasteiger partial charge in [-0.05, 0) is 25.1 Å². The summed E-state index contributed by atoms with van der Waals surface area (Å²) < 4.78 is 1.90. The topological polar surface area (TPSA) is 41.3 Å². The average Bonchev–Trinajstić information content (AvgIpc) is 2.94. The van der Waals surface area contributed by atoms with E-state index in [4.69, 9.17) is 5.11 Å². The van der Waals surface area contributed by atoms with Gasteiger partial charge in [0.15, 0.2) is 0 Å². The van der Waals surface area contributed by atoms with Crippen LogP contribution in [0.1, 0.15) is 25.3 Å². The largest absolute Gasteiger partial charge is 0.395 e. The van der Waals surface area contributed by atoms with E-state index in [-0.39, 0.29) is 6.61 Å². The van der Waals surface area contributed by atoms with Gasteiger partial charge in [-0.2, -0.15) is 5.10 Å². The first kappa shape index (κ1) is 14.8. The molecule has 108 valence electrons. The molecule has 4 heteroatoms. The summed E-state index contributed by atoms with van der Waals surface area (Å²) >= 11 is 0. The summed E-state index contributed by atoms with van der Waals surface area (Å²) in [4.78, 5) is 2.27. The van der Waals surface area contributed by atoms with Crippen molar-refractivity contribution in [2.45, 2.75) is 26.3 Å². The lowest BCUT2D eigenvalue weighted by Crippen LogP contribution is -2.27. The standard InChI is InChI=1S/C16H23N3O/c1-2-3-9-18(10-11-20)13-15-12-17-19(14-15)16-7-5-4-6-8-16/h4-8,12,14,20H,2-3,9-11,13H2,1H3. The van der Waals surface area contributed by atoms with Crippen molar-refractivity contribution in [1.82, 2.24) is 14.7 Å². The molecule has 0 bridgehead atoms. The Kier molecular flexibility index (Phi) is 5.77. The van der Waals surface area contributed by atoms with Crippen LogP contribution in [0.3, 0.4) is 0 Å². The summed E-state index contributed by atoms with van der Waals surface area (Å²) in [6.45, 7) is 4.97. The van der Waals surface area contributed by atoms with Crippen LogP contribution >= 0.6 is 0 Å². The van der Waals surface area contributed by atoms with Crippen LogP contribution in [0.4, 0.5) is 0 Å². The maximum atomic E-state index is 9.13. The molecule has 0 aliphatic heterocycles. The number of hydrogen-bond donors (Lipinski definition) is 1. The molecule has 0 aliphatic carbocycles. The van der Waals surface area contributed by atoms with Gasteiger partial charge < -0.3 is 5.11 Å². The molecule has 1 aromatic heterocycles. The first-order chi connectivity index (χ1) is 9.83. The number of aromatic nitrogens is 2. The molecule has 0 aliphatic rings. The van der Waals surface area contributed by atoms with Gasteiger partial charge in [-0.3, -0.25) is 4.90 Å². The first-order valence-electron chi connectivity index (χ1n) is 7.25. The Morgan fingerprint density at radius 2 is 2.00 bits per heavy atom. The lowest BCUT2D eigenvalue weighted by molar-refractivity contribution is 0.188. The van der Waals surface area contributed by atoms with Crippen molar-refractivity contribution in [3.8, 4) is 5.69 Å². The van der Waals surface area contributed by atoms with E-state index in [1.54, 1.807) is 0 Å². The van der Waals surface area contributed by atoms with Crippen molar-refractivity contribution < 1.29 is 5.11 Å². The number of aliphatic hydroxyl groups is 1. The number of hydrogen-bond acceptors (Lipinski definition) is 3. The fourth-order valence-electron chi connectivity index (χ4n) is 2.21. The summed E-state index contributed by atoms with van der Waals surface area (Å²) in [5, 5.41) is 13.5. The maximum Gasteiger partial charge on any atom is 0.0645 e. The molecule has 0 saturated heterocycles. The van der Waals surface area contributed by atoms with Crippen LogP contribution in [0.25, 0.3) is 5.69 Å². The van der Waals surface area contributed by atoms with Crippen LogP contribution in [-0.2, 0) is 6.54 Å². The number of nitrogens with zero attached hydrogens (tertiary/aromatic N) is 3. The minimum atomic E-state index is 0.205. The van der Waals surface area contributed by atoms with Gasteiger partial charge in [0.1, 0.15) is 0 Å². The third kappa shape index (κ3) is 4.18. The van der Waals surface area contributed by atoms with E-state index in [9.17, 15) is 0 Å². The van der Waals surface area contributed by atoms with E-state index in [0.717, 1.165) is 31.7 Å². The fraction of sp³-hybridized carbons (Fsp3) is 0.438. The Hall–Kier alpha value is -1.65. The molecule has 2 rings (SSSR count). The lowest BCUT2D eigenvalue weighted by atomic mass is 10.2. The van der Waals surface area contributed by atoms with Gasteiger partial charge in [0.25, 0.3) is 0 Å². The van der Waals surface area contributed by atoms with Crippen LogP contribution < -0.4 is 0 Å². The summed E-state index contributed by atoms with van der Waals surface area (Å²) in [5.74, 6) is 0. The first-order valence-corrected chi connectivity index (χ1v) is 7.25. The van der Waals surface area contributed by atoms with E-state index >= 15 is 0 Å². The second-order valence-corrected chi connectivity index (χ2v) is 4.98. The van der Waals surface area contributed by atoms with Gasteiger partial charge in [0.2, 0.25) is 0 Å². The predicted molar refractivity (Wildman–Crippen MR) is 80.8 cm³/mol. The van der Waals surface area contributed by atoms with Crippen LogP contribution in [0.5, 0.6) is 0 Å². The fourth-order valence-corrected chi connectivity index (χ4v) is 2.21. The second kappa shape index (κ2) is 7.82. The molecule has 1 N–H and O–H groups in total. The van der Waals surface area contributed by atoms with Crippen molar-refractivity contribution in [3.63, 3.8) is 0 Å². The number of rotatable bonds is 8. The second-order valence-electron chi connectivity index (χ2n) is 4.98. The van der Waals surface area contributed by atoms with E-state index in [0.29, 0.717) is 0 Å². The Morgan fingerprint density at radius 1 is 1.20 bits per heavy atom. The molecule has 0 saturated carbocycles. The Bertz CT molecular complexity index is 495. The highest BCUT2D eigenvalue weighted by Gasteiger charge is 2.07. The van der Waals surface area contributed by atoms with E-state index in [2.05, 4.69) is 23.1 Å². The Labute approximate surface area is 120 Å². The molecule has 1 heterocycles. The van der Waals surface area contributed by atoms with Gasteiger partial charge in [0, 0.05) is 24.8 Å². The number of para-hydroxylation sites is 1. The summed E-state index contributed by atoms with van der Waals surface area (Å²) in [5.41, 5.74) is 2.25. The molecule has 0 spiro atoms. The zero-order chi connectivity index (χ0) is 14.2. The van der Waals surface area contributed by atoms with Crippen molar-refractivity contribution in [3.05, 3.63) is 48.3 Å². The molecule has 2 aromatic rings. The molecular weight excluding hydrogens is 250 g/mol. The highest BCUT2D eigenvalue weighted by molar-refractivity contribution is 5.30. The van der Waals surface area contributed by atoms with E-state index < -0.39 is 0 Å². The van der Waals surface area contributed by atoms with Gasteiger partial charge in [0.05, 0.1) is 18.5 Å². The Balaban J connectivity index is 2.00. The monoisotopic (exact) mass is 273 g/mol. The molecule has 1 aromatic carbocycles. The van der Waals surface area contributed by atoms with Gasteiger partial charge in [-0.1, -0.05) is 31.5 Å². The molecule has 0 unspecified atom stereocenters. The average molecular weight is 273 g/mol. The van der Waals surface area contributed by atoms with Crippen molar-refractivity contribution >= 4 is 0 Å². The van der Waals surface area contributed by atoms with Crippen LogP contribution in [0, 0.1) is 0 Å². The molecule has 4 nitrogen and oxygen atoms in total. The molecular formula is C16H23N3O. The molecule has 0 amide bonds. The molecule has 20 heavy (non-hydrogen) atoms. The zero-order valence-corrected chi connectivity index (χ0v) is 12.1. The quantitative estimate of drug-likeness (QED) is 0.803. The minimum absolute atomic E-state index is 0.205. The van der Waals surface area contributed by atoms with Gasteiger partial charge in [-0.15, -0.1) is 0 Å². The summed E-state index contributed by atoms with van der Waals surface area (Å²) in [6.07, 6.45) is 6.30. The van der Waals surface area contributed by atoms with Gasteiger partial charge >= 0.3 is 0 Å². The minimum Gasteiger partial charge on any atom is -0.395 e. The Morgan fingerprint density at radius 3 is 2.70 bits per heavy atom. The van der Waals surface area contributed by atoms with Crippen LogP contribution in [-0.4, -0.2) is 39.5 Å². The third-order valence-corrected chi connectivity index (χ3v) is 3.31. The highest BCUT2D eigenvalue weighted by atomic mass is 16.3. The van der Waals surface area contributed by atoms with Crippen LogP contribution in [0.15, 0.2) is 42.7 Å². The molecule has 0 atom stereocenters. The molecule has 0 fully saturated rings. The highest BCUT2D eigenvalue weighted by Crippen LogP contribution is 2.10.